The number of rotatable bonds is 4. The predicted molar refractivity (Wildman–Crippen MR) is 66.3 cm³/mol. The molecule has 0 bridgehead atoms. The first-order chi connectivity index (χ1) is 7.61. The molecule has 0 spiro atoms. The Bertz CT molecular complexity index is 371. The predicted octanol–water partition coefficient (Wildman–Crippen LogP) is 2.37. The van der Waals surface area contributed by atoms with Crippen molar-refractivity contribution in [1.82, 2.24) is 9.97 Å². The molecule has 0 unspecified atom stereocenters. The second-order valence-electron chi connectivity index (χ2n) is 4.88. The maximum absolute atomic E-state index is 5.78. The molecule has 0 aromatic carbocycles. The van der Waals surface area contributed by atoms with Gasteiger partial charge in [-0.05, 0) is 32.6 Å². The lowest BCUT2D eigenvalue weighted by molar-refractivity contribution is 0.305. The van der Waals surface area contributed by atoms with Crippen LogP contribution in [-0.2, 0) is 6.42 Å². The molecule has 1 aliphatic carbocycles. The number of nitrogens with zero attached hydrogens (tertiary/aromatic N) is 2. The van der Waals surface area contributed by atoms with Crippen molar-refractivity contribution < 1.29 is 0 Å². The molecule has 0 radical (unpaired) electrons. The maximum Gasteiger partial charge on any atom is 0.133 e. The van der Waals surface area contributed by atoms with Gasteiger partial charge in [-0.2, -0.15) is 0 Å². The van der Waals surface area contributed by atoms with Gasteiger partial charge in [0.2, 0.25) is 0 Å². The molecule has 1 aromatic rings. The zero-order valence-corrected chi connectivity index (χ0v) is 10.1. The molecule has 0 atom stereocenters. The number of aromatic nitrogens is 2. The van der Waals surface area contributed by atoms with Crippen LogP contribution in [0.4, 0.5) is 11.6 Å². The van der Waals surface area contributed by atoms with E-state index in [4.69, 9.17) is 5.73 Å². The number of hydrogen-bond acceptors (Lipinski definition) is 4. The van der Waals surface area contributed by atoms with Crippen molar-refractivity contribution >= 4 is 11.6 Å². The van der Waals surface area contributed by atoms with Gasteiger partial charge in [0.1, 0.15) is 17.5 Å². The van der Waals surface area contributed by atoms with Gasteiger partial charge in [-0.1, -0.05) is 6.92 Å². The molecule has 0 saturated heterocycles. The van der Waals surface area contributed by atoms with Gasteiger partial charge in [-0.25, -0.2) is 9.97 Å². The zero-order valence-electron chi connectivity index (χ0n) is 10.1. The first-order valence-electron chi connectivity index (χ1n) is 6.03. The van der Waals surface area contributed by atoms with E-state index in [0.29, 0.717) is 5.82 Å². The largest absolute Gasteiger partial charge is 0.384 e. The van der Waals surface area contributed by atoms with Crippen molar-refractivity contribution in [2.45, 2.75) is 51.5 Å². The molecule has 1 saturated carbocycles. The Morgan fingerprint density at radius 1 is 1.44 bits per heavy atom. The van der Waals surface area contributed by atoms with Gasteiger partial charge in [-0.3, -0.25) is 0 Å². The first kappa shape index (κ1) is 11.2. The fourth-order valence-electron chi connectivity index (χ4n) is 2.06. The highest BCUT2D eigenvalue weighted by Crippen LogP contribution is 2.34. The van der Waals surface area contributed by atoms with E-state index in [9.17, 15) is 0 Å². The van der Waals surface area contributed by atoms with Crippen LogP contribution < -0.4 is 11.1 Å². The summed E-state index contributed by atoms with van der Waals surface area (Å²) in [5.41, 5.74) is 5.99. The van der Waals surface area contributed by atoms with E-state index in [2.05, 4.69) is 29.1 Å². The molecule has 4 nitrogen and oxygen atoms in total. The van der Waals surface area contributed by atoms with E-state index in [1.54, 1.807) is 0 Å². The molecule has 1 heterocycles. The summed E-state index contributed by atoms with van der Waals surface area (Å²) in [5.74, 6) is 2.27. The highest BCUT2D eigenvalue weighted by molar-refractivity contribution is 5.46. The molecular weight excluding hydrogens is 200 g/mol. The third-order valence-corrected chi connectivity index (χ3v) is 3.15. The van der Waals surface area contributed by atoms with Gasteiger partial charge in [0.05, 0.1) is 0 Å². The summed E-state index contributed by atoms with van der Waals surface area (Å²) in [6.45, 7) is 4.35. The second-order valence-corrected chi connectivity index (χ2v) is 4.88. The van der Waals surface area contributed by atoms with Crippen LogP contribution in [0.5, 0.6) is 0 Å². The van der Waals surface area contributed by atoms with Crippen molar-refractivity contribution in [2.75, 3.05) is 11.1 Å². The Morgan fingerprint density at radius 3 is 2.75 bits per heavy atom. The maximum atomic E-state index is 5.78. The summed E-state index contributed by atoms with van der Waals surface area (Å²) < 4.78 is 0. The molecular formula is C12H20N4. The molecule has 1 aliphatic rings. The molecule has 3 N–H and O–H groups in total. The molecule has 4 heteroatoms. The van der Waals surface area contributed by atoms with Crippen molar-refractivity contribution in [3.8, 4) is 0 Å². The average molecular weight is 220 g/mol. The molecule has 1 fully saturated rings. The van der Waals surface area contributed by atoms with E-state index in [1.165, 1.54) is 19.3 Å². The second kappa shape index (κ2) is 4.28. The number of nitrogen functional groups attached to an aromatic ring is 1. The summed E-state index contributed by atoms with van der Waals surface area (Å²) in [6.07, 6.45) is 5.64. The molecule has 0 aliphatic heterocycles. The van der Waals surface area contributed by atoms with Crippen LogP contribution in [0.25, 0.3) is 0 Å². The molecule has 16 heavy (non-hydrogen) atoms. The standard InChI is InChI=1S/C12H20N4/c1-3-5-10-14-9(13)8-11(15-10)16-12(2)6-4-7-12/h8H,3-7H2,1-2H3,(H3,13,14,15,16). The monoisotopic (exact) mass is 220 g/mol. The third kappa shape index (κ3) is 2.43. The first-order valence-corrected chi connectivity index (χ1v) is 6.03. The minimum Gasteiger partial charge on any atom is -0.384 e. The normalized spacial score (nSPS) is 17.9. The molecule has 88 valence electrons. The van der Waals surface area contributed by atoms with Crippen LogP contribution in [0.15, 0.2) is 6.07 Å². The summed E-state index contributed by atoms with van der Waals surface area (Å²) in [4.78, 5) is 8.71. The summed E-state index contributed by atoms with van der Waals surface area (Å²) in [7, 11) is 0. The highest BCUT2D eigenvalue weighted by atomic mass is 15.1. The minimum atomic E-state index is 0.213. The number of anilines is 2. The smallest absolute Gasteiger partial charge is 0.133 e. The van der Waals surface area contributed by atoms with Gasteiger partial charge in [0.15, 0.2) is 0 Å². The van der Waals surface area contributed by atoms with Crippen LogP contribution >= 0.6 is 0 Å². The van der Waals surface area contributed by atoms with E-state index in [-0.39, 0.29) is 5.54 Å². The van der Waals surface area contributed by atoms with Gasteiger partial charge in [0.25, 0.3) is 0 Å². The Balaban J connectivity index is 2.13. The molecule has 1 aromatic heterocycles. The lowest BCUT2D eigenvalue weighted by Crippen LogP contribution is -2.42. The fraction of sp³-hybridized carbons (Fsp3) is 0.667. The van der Waals surface area contributed by atoms with Crippen LogP contribution in [0.1, 0.15) is 45.4 Å². The van der Waals surface area contributed by atoms with Crippen LogP contribution in [0.3, 0.4) is 0 Å². The SMILES string of the molecule is CCCc1nc(N)cc(NC2(C)CCC2)n1. The average Bonchev–Trinajstić information content (AvgIpc) is 2.14. The number of hydrogen-bond donors (Lipinski definition) is 2. The lowest BCUT2D eigenvalue weighted by atomic mass is 9.78. The Hall–Kier alpha value is -1.32. The lowest BCUT2D eigenvalue weighted by Gasteiger charge is -2.39. The summed E-state index contributed by atoms with van der Waals surface area (Å²) in [5, 5.41) is 3.46. The van der Waals surface area contributed by atoms with Crippen LogP contribution in [0, 0.1) is 0 Å². The van der Waals surface area contributed by atoms with Crippen LogP contribution in [0.2, 0.25) is 0 Å². The molecule has 2 rings (SSSR count). The van der Waals surface area contributed by atoms with Gasteiger partial charge in [-0.15, -0.1) is 0 Å². The van der Waals surface area contributed by atoms with E-state index >= 15 is 0 Å². The Labute approximate surface area is 96.7 Å². The van der Waals surface area contributed by atoms with Crippen molar-refractivity contribution in [3.05, 3.63) is 11.9 Å². The van der Waals surface area contributed by atoms with Gasteiger partial charge < -0.3 is 11.1 Å². The highest BCUT2D eigenvalue weighted by Gasteiger charge is 2.31. The third-order valence-electron chi connectivity index (χ3n) is 3.15. The van der Waals surface area contributed by atoms with Crippen molar-refractivity contribution in [1.29, 1.82) is 0 Å². The van der Waals surface area contributed by atoms with E-state index in [1.807, 2.05) is 6.07 Å². The van der Waals surface area contributed by atoms with Gasteiger partial charge >= 0.3 is 0 Å². The minimum absolute atomic E-state index is 0.213. The van der Waals surface area contributed by atoms with Crippen molar-refractivity contribution in [3.63, 3.8) is 0 Å². The summed E-state index contributed by atoms with van der Waals surface area (Å²) in [6, 6.07) is 1.82. The van der Waals surface area contributed by atoms with E-state index in [0.717, 1.165) is 24.5 Å². The number of nitrogens with two attached hydrogens (primary N) is 1. The summed E-state index contributed by atoms with van der Waals surface area (Å²) >= 11 is 0. The quantitative estimate of drug-likeness (QED) is 0.817. The molecule has 0 amide bonds. The fourth-order valence-corrected chi connectivity index (χ4v) is 2.06. The zero-order chi connectivity index (χ0) is 11.6. The van der Waals surface area contributed by atoms with Crippen molar-refractivity contribution in [2.24, 2.45) is 0 Å². The Kier molecular flexibility index (Phi) is 2.99. The van der Waals surface area contributed by atoms with Crippen LogP contribution in [-0.4, -0.2) is 15.5 Å². The van der Waals surface area contributed by atoms with Gasteiger partial charge in [0, 0.05) is 18.0 Å². The number of nitrogens with one attached hydrogen (secondary N) is 1. The number of aryl methyl sites for hydroxylation is 1. The Morgan fingerprint density at radius 2 is 2.19 bits per heavy atom. The topological polar surface area (TPSA) is 63.8 Å². The van der Waals surface area contributed by atoms with E-state index < -0.39 is 0 Å².